The summed E-state index contributed by atoms with van der Waals surface area (Å²) in [5, 5.41) is 2.96. The quantitative estimate of drug-likeness (QED) is 0.666. The highest BCUT2D eigenvalue weighted by atomic mass is 35.5. The van der Waals surface area contributed by atoms with Gasteiger partial charge in [-0.2, -0.15) is 0 Å². The van der Waals surface area contributed by atoms with E-state index in [9.17, 15) is 13.8 Å². The maximum absolute atomic E-state index is 13.2. The lowest BCUT2D eigenvalue weighted by atomic mass is 10.0. The van der Waals surface area contributed by atoms with Crippen LogP contribution in [-0.2, 0) is 19.5 Å². The van der Waals surface area contributed by atoms with E-state index < -0.39 is 27.8 Å². The van der Waals surface area contributed by atoms with Gasteiger partial charge in [-0.05, 0) is 37.6 Å². The number of nitrogens with two attached hydrogens (primary N) is 1. The van der Waals surface area contributed by atoms with Crippen LogP contribution in [0, 0.1) is 5.92 Å². The maximum Gasteiger partial charge on any atom is 0.272 e. The van der Waals surface area contributed by atoms with Crippen molar-refractivity contribution >= 4 is 33.3 Å². The topological polar surface area (TPSA) is 114 Å². The molecule has 7 nitrogen and oxygen atoms in total. The Bertz CT molecular complexity index is 714. The van der Waals surface area contributed by atoms with Crippen molar-refractivity contribution in [2.45, 2.75) is 31.2 Å². The minimum atomic E-state index is -3.52. The van der Waals surface area contributed by atoms with Gasteiger partial charge in [0.2, 0.25) is 5.91 Å². The first-order valence-corrected chi connectivity index (χ1v) is 9.34. The Kier molecular flexibility index (Phi) is 7.82. The number of carbonyl (C=O) groups excluding carboxylic acids is 2. The minimum Gasteiger partial charge on any atom is -0.320 e. The number of hydrogen-bond acceptors (Lipinski definition) is 5. The first-order chi connectivity index (χ1) is 11.2. The van der Waals surface area contributed by atoms with Crippen LogP contribution in [0.15, 0.2) is 33.5 Å². The van der Waals surface area contributed by atoms with E-state index in [4.69, 9.17) is 17.3 Å². The summed E-state index contributed by atoms with van der Waals surface area (Å²) in [4.78, 5) is 24.2. The molecule has 9 heteroatoms. The van der Waals surface area contributed by atoms with Crippen LogP contribution in [0.1, 0.15) is 20.3 Å². The van der Waals surface area contributed by atoms with Crippen molar-refractivity contribution in [3.05, 3.63) is 29.3 Å². The van der Waals surface area contributed by atoms with Gasteiger partial charge >= 0.3 is 0 Å². The number of amides is 2. The highest BCUT2D eigenvalue weighted by Crippen LogP contribution is 2.18. The highest BCUT2D eigenvalue weighted by molar-refractivity contribution is 7.92. The second kappa shape index (κ2) is 9.12. The van der Waals surface area contributed by atoms with Crippen molar-refractivity contribution in [2.75, 3.05) is 13.6 Å². The van der Waals surface area contributed by atoms with Gasteiger partial charge in [0.1, 0.15) is 0 Å². The fourth-order valence-corrected chi connectivity index (χ4v) is 3.77. The molecule has 0 aliphatic heterocycles. The number of halogens is 1. The van der Waals surface area contributed by atoms with Gasteiger partial charge in [-0.15, -0.1) is 4.36 Å². The number of likely N-dealkylation sites (N-methyl/N-ethyl adjacent to an activating group) is 1. The summed E-state index contributed by atoms with van der Waals surface area (Å²) < 4.78 is 19.2. The van der Waals surface area contributed by atoms with Crippen molar-refractivity contribution in [1.82, 2.24) is 10.0 Å². The largest absolute Gasteiger partial charge is 0.320 e. The van der Waals surface area contributed by atoms with Gasteiger partial charge in [0.05, 0.1) is 17.5 Å². The highest BCUT2D eigenvalue weighted by Gasteiger charge is 2.22. The van der Waals surface area contributed by atoms with E-state index in [0.29, 0.717) is 11.4 Å². The number of nitrogens with one attached hydrogen (secondary N) is 2. The lowest BCUT2D eigenvalue weighted by Crippen LogP contribution is -2.38. The van der Waals surface area contributed by atoms with Crippen molar-refractivity contribution in [2.24, 2.45) is 16.0 Å². The van der Waals surface area contributed by atoms with Crippen LogP contribution in [0.25, 0.3) is 0 Å². The van der Waals surface area contributed by atoms with Crippen LogP contribution in [0.5, 0.6) is 0 Å². The Morgan fingerprint density at radius 2 is 2.04 bits per heavy atom. The van der Waals surface area contributed by atoms with E-state index in [1.165, 1.54) is 12.1 Å². The summed E-state index contributed by atoms with van der Waals surface area (Å²) in [6.45, 7) is 3.76. The summed E-state index contributed by atoms with van der Waals surface area (Å²) in [6.07, 6.45) is 0.401. The van der Waals surface area contributed by atoms with Crippen LogP contribution in [-0.4, -0.2) is 35.7 Å². The first kappa shape index (κ1) is 20.6. The molecule has 0 saturated carbocycles. The number of hydrogen-bond donors (Lipinski definition) is 3. The molecule has 24 heavy (non-hydrogen) atoms. The Morgan fingerprint density at radius 1 is 1.38 bits per heavy atom. The molecule has 0 radical (unpaired) electrons. The second-order valence-corrected chi connectivity index (χ2v) is 8.05. The SMILES string of the molecule is CNCC(=O)NS(=O)(=NC(=O)C(N)CC(C)C)c1cccc(Cl)c1. The van der Waals surface area contributed by atoms with Crippen LogP contribution < -0.4 is 15.8 Å². The lowest BCUT2D eigenvalue weighted by Gasteiger charge is -2.14. The molecule has 0 bridgehead atoms. The maximum atomic E-state index is 13.2. The van der Waals surface area contributed by atoms with E-state index in [0.717, 1.165) is 0 Å². The van der Waals surface area contributed by atoms with Gasteiger partial charge in [0.25, 0.3) is 5.91 Å². The van der Waals surface area contributed by atoms with Gasteiger partial charge in [-0.1, -0.05) is 31.5 Å². The molecule has 0 aliphatic rings. The van der Waals surface area contributed by atoms with Crippen LogP contribution in [0.3, 0.4) is 0 Å². The predicted octanol–water partition coefficient (Wildman–Crippen LogP) is 1.32. The third kappa shape index (κ3) is 6.20. The third-order valence-corrected chi connectivity index (χ3v) is 5.04. The van der Waals surface area contributed by atoms with E-state index in [1.54, 1.807) is 19.2 Å². The molecule has 1 rings (SSSR count). The van der Waals surface area contributed by atoms with Gasteiger partial charge in [0.15, 0.2) is 9.92 Å². The van der Waals surface area contributed by atoms with Crippen molar-refractivity contribution in [3.63, 3.8) is 0 Å². The Hall–Kier alpha value is -1.48. The smallest absolute Gasteiger partial charge is 0.272 e. The average molecular weight is 375 g/mol. The zero-order chi connectivity index (χ0) is 18.3. The first-order valence-electron chi connectivity index (χ1n) is 7.45. The molecule has 0 fully saturated rings. The summed E-state index contributed by atoms with van der Waals surface area (Å²) in [6, 6.07) is 5.15. The number of nitrogens with zero attached hydrogens (tertiary/aromatic N) is 1. The molecule has 0 spiro atoms. The van der Waals surface area contributed by atoms with Crippen molar-refractivity contribution in [1.29, 1.82) is 0 Å². The van der Waals surface area contributed by atoms with Gasteiger partial charge < -0.3 is 11.1 Å². The Labute approximate surface area is 147 Å². The minimum absolute atomic E-state index is 0.0701. The number of carbonyl (C=O) groups is 2. The van der Waals surface area contributed by atoms with Gasteiger partial charge in [-0.25, -0.2) is 4.21 Å². The number of rotatable bonds is 7. The van der Waals surface area contributed by atoms with Gasteiger partial charge in [0, 0.05) is 5.02 Å². The zero-order valence-electron chi connectivity index (χ0n) is 13.9. The van der Waals surface area contributed by atoms with E-state index in [-0.39, 0.29) is 17.4 Å². The second-order valence-electron chi connectivity index (χ2n) is 5.70. The van der Waals surface area contributed by atoms with E-state index in [2.05, 4.69) is 14.4 Å². The normalized spacial score (nSPS) is 14.8. The standard InChI is InChI=1S/C15H23ClN4O3S/c1-10(2)7-13(17)15(22)20-24(23,19-14(21)9-18-3)12-6-4-5-11(16)8-12/h4-6,8,10,13,18H,7,9,17H2,1-3H3,(H,19,20,21,22,23). The summed E-state index contributed by atoms with van der Waals surface area (Å²) in [7, 11) is -1.95. The molecule has 0 saturated heterocycles. The van der Waals surface area contributed by atoms with Gasteiger partial charge in [-0.3, -0.25) is 14.3 Å². The molecule has 4 N–H and O–H groups in total. The van der Waals surface area contributed by atoms with Crippen molar-refractivity contribution < 1.29 is 13.8 Å². The third-order valence-electron chi connectivity index (χ3n) is 2.97. The van der Waals surface area contributed by atoms with Crippen LogP contribution in [0.2, 0.25) is 5.02 Å². The van der Waals surface area contributed by atoms with Crippen LogP contribution >= 0.6 is 11.6 Å². The molecule has 0 aliphatic carbocycles. The molecule has 134 valence electrons. The molecule has 2 amide bonds. The lowest BCUT2D eigenvalue weighted by molar-refractivity contribution is -0.119. The van der Waals surface area contributed by atoms with E-state index in [1.807, 2.05) is 13.8 Å². The molecule has 0 aromatic heterocycles. The Balaban J connectivity index is 3.27. The molecule has 0 heterocycles. The van der Waals surface area contributed by atoms with E-state index >= 15 is 0 Å². The fraction of sp³-hybridized carbons (Fsp3) is 0.467. The summed E-state index contributed by atoms with van der Waals surface area (Å²) in [5.74, 6) is -1.10. The molecule has 2 atom stereocenters. The zero-order valence-corrected chi connectivity index (χ0v) is 15.5. The molecule has 2 unspecified atom stereocenters. The summed E-state index contributed by atoms with van der Waals surface area (Å²) >= 11 is 5.91. The molecular formula is C15H23ClN4O3S. The molecule has 1 aromatic rings. The van der Waals surface area contributed by atoms with Crippen LogP contribution in [0.4, 0.5) is 0 Å². The average Bonchev–Trinajstić information content (AvgIpc) is 2.46. The molecule has 1 aromatic carbocycles. The van der Waals surface area contributed by atoms with Crippen molar-refractivity contribution in [3.8, 4) is 0 Å². The summed E-state index contributed by atoms with van der Waals surface area (Å²) in [5.41, 5.74) is 5.80. The predicted molar refractivity (Wildman–Crippen MR) is 94.8 cm³/mol. The monoisotopic (exact) mass is 374 g/mol. The fourth-order valence-electron chi connectivity index (χ4n) is 1.93. The molecular weight excluding hydrogens is 352 g/mol. The Morgan fingerprint density at radius 3 is 2.58 bits per heavy atom. The number of benzene rings is 1.